The molecule has 0 bridgehead atoms. The average molecular weight is 250 g/mol. The summed E-state index contributed by atoms with van der Waals surface area (Å²) in [4.78, 5) is 11.4. The molecular weight excluding hydrogens is 232 g/mol. The van der Waals surface area contributed by atoms with E-state index in [0.29, 0.717) is 5.92 Å². The number of rotatable bonds is 2. The van der Waals surface area contributed by atoms with E-state index in [9.17, 15) is 4.79 Å². The van der Waals surface area contributed by atoms with Crippen molar-refractivity contribution in [3.8, 4) is 0 Å². The van der Waals surface area contributed by atoms with Gasteiger partial charge in [0.15, 0.2) is 0 Å². The molecular formula is C13H18OSSi. The number of benzene rings is 1. The Bertz CT molecular complexity index is 397. The zero-order chi connectivity index (χ0) is 11.5. The number of carbonyl (C=O) groups is 1. The number of hydrogen-bond acceptors (Lipinski definition) is 1. The van der Waals surface area contributed by atoms with Gasteiger partial charge in [0, 0.05) is 15.8 Å². The van der Waals surface area contributed by atoms with Crippen molar-refractivity contribution < 1.29 is 4.79 Å². The lowest BCUT2D eigenvalue weighted by atomic mass is 9.83. The Kier molecular flexibility index (Phi) is 3.87. The lowest BCUT2D eigenvalue weighted by Gasteiger charge is -2.24. The molecule has 0 aliphatic heterocycles. The van der Waals surface area contributed by atoms with Crippen molar-refractivity contribution in [1.29, 1.82) is 0 Å². The maximum Gasteiger partial charge on any atom is 0.216 e. The summed E-state index contributed by atoms with van der Waals surface area (Å²) in [6.07, 6.45) is 6.63. The maximum atomic E-state index is 11.4. The zero-order valence-corrected chi connectivity index (χ0v) is 12.6. The first kappa shape index (κ1) is 11.9. The fraction of sp³-hybridized carbons (Fsp3) is 0.462. The number of thiol groups is 1. The highest BCUT2D eigenvalue weighted by Gasteiger charge is 2.18. The molecule has 1 aromatic rings. The van der Waals surface area contributed by atoms with Gasteiger partial charge in [-0.15, -0.1) is 12.6 Å². The second-order valence-corrected chi connectivity index (χ2v) is 6.07. The van der Waals surface area contributed by atoms with E-state index in [0.717, 1.165) is 15.8 Å². The van der Waals surface area contributed by atoms with Crippen molar-refractivity contribution >= 4 is 33.2 Å². The molecule has 1 nitrogen and oxygen atoms in total. The van der Waals surface area contributed by atoms with Gasteiger partial charge >= 0.3 is 0 Å². The molecule has 0 atom stereocenters. The molecule has 0 unspecified atom stereocenters. The van der Waals surface area contributed by atoms with Crippen LogP contribution in [-0.4, -0.2) is 15.4 Å². The average Bonchev–Trinajstić information content (AvgIpc) is 2.30. The van der Waals surface area contributed by atoms with Crippen LogP contribution in [0.4, 0.5) is 0 Å². The molecule has 0 saturated heterocycles. The third-order valence-electron chi connectivity index (χ3n) is 3.65. The van der Waals surface area contributed by atoms with Gasteiger partial charge in [-0.3, -0.25) is 4.79 Å². The molecule has 0 spiro atoms. The summed E-state index contributed by atoms with van der Waals surface area (Å²) >= 11 is 3.95. The van der Waals surface area contributed by atoms with Crippen molar-refractivity contribution in [1.82, 2.24) is 0 Å². The molecule has 1 saturated carbocycles. The lowest BCUT2D eigenvalue weighted by Crippen LogP contribution is -2.21. The summed E-state index contributed by atoms with van der Waals surface area (Å²) in [5.41, 5.74) is 2.25. The van der Waals surface area contributed by atoms with Gasteiger partial charge < -0.3 is 0 Å². The summed E-state index contributed by atoms with van der Waals surface area (Å²) in [5, 5.41) is 1.19. The van der Waals surface area contributed by atoms with Gasteiger partial charge in [0.2, 0.25) is 5.12 Å². The quantitative estimate of drug-likeness (QED) is 0.625. The molecule has 1 aliphatic rings. The monoisotopic (exact) mass is 250 g/mol. The lowest BCUT2D eigenvalue weighted by molar-refractivity contribution is 0.109. The summed E-state index contributed by atoms with van der Waals surface area (Å²) in [6.45, 7) is 0. The molecule has 3 heteroatoms. The van der Waals surface area contributed by atoms with Crippen LogP contribution in [0.2, 0.25) is 0 Å². The fourth-order valence-electron chi connectivity index (χ4n) is 2.74. The Morgan fingerprint density at radius 1 is 1.25 bits per heavy atom. The second kappa shape index (κ2) is 5.19. The molecule has 0 radical (unpaired) electrons. The van der Waals surface area contributed by atoms with Crippen LogP contribution in [0.15, 0.2) is 18.2 Å². The molecule has 86 valence electrons. The van der Waals surface area contributed by atoms with Crippen LogP contribution in [0.25, 0.3) is 0 Å². The fourth-order valence-corrected chi connectivity index (χ4v) is 4.16. The van der Waals surface area contributed by atoms with E-state index >= 15 is 0 Å². The van der Waals surface area contributed by atoms with Gasteiger partial charge in [0.25, 0.3) is 0 Å². The zero-order valence-electron chi connectivity index (χ0n) is 9.70. The van der Waals surface area contributed by atoms with Crippen LogP contribution in [0.1, 0.15) is 53.9 Å². The first-order chi connectivity index (χ1) is 7.70. The minimum Gasteiger partial charge on any atom is -0.282 e. The molecule has 1 fully saturated rings. The predicted octanol–water partition coefficient (Wildman–Crippen LogP) is 1.79. The van der Waals surface area contributed by atoms with Crippen LogP contribution in [-0.2, 0) is 0 Å². The van der Waals surface area contributed by atoms with E-state index in [2.05, 4.69) is 18.7 Å². The van der Waals surface area contributed by atoms with Crippen molar-refractivity contribution in [2.24, 2.45) is 0 Å². The molecule has 2 rings (SSSR count). The minimum atomic E-state index is -0.0809. The minimum absolute atomic E-state index is 0.0809. The third kappa shape index (κ3) is 2.41. The highest BCUT2D eigenvalue weighted by atomic mass is 32.1. The van der Waals surface area contributed by atoms with E-state index in [1.807, 2.05) is 12.1 Å². The Balaban J connectivity index is 2.33. The van der Waals surface area contributed by atoms with E-state index in [4.69, 9.17) is 0 Å². The smallest absolute Gasteiger partial charge is 0.216 e. The standard InChI is InChI=1S/C13H18OSSi/c14-13(15)11-8-4-7-10(12(11)16)9-5-2-1-3-6-9/h4,7-9H,1-3,5-6H2,16H3,(H,14,15). The van der Waals surface area contributed by atoms with Gasteiger partial charge in [-0.25, -0.2) is 0 Å². The van der Waals surface area contributed by atoms with Crippen LogP contribution in [0, 0.1) is 0 Å². The first-order valence-corrected chi connectivity index (χ1v) is 7.47. The van der Waals surface area contributed by atoms with Crippen LogP contribution in [0.3, 0.4) is 0 Å². The maximum absolute atomic E-state index is 11.4. The summed E-state index contributed by atoms with van der Waals surface area (Å²) in [7, 11) is 0.939. The normalized spacial score (nSPS) is 17.6. The van der Waals surface area contributed by atoms with Crippen molar-refractivity contribution in [3.63, 3.8) is 0 Å². The van der Waals surface area contributed by atoms with E-state index < -0.39 is 0 Å². The summed E-state index contributed by atoms with van der Waals surface area (Å²) in [6, 6.07) is 6.12. The molecule has 0 heterocycles. The predicted molar refractivity (Wildman–Crippen MR) is 75.2 cm³/mol. The Hall–Kier alpha value is -0.543. The highest BCUT2D eigenvalue weighted by Crippen LogP contribution is 2.31. The molecule has 1 aromatic carbocycles. The van der Waals surface area contributed by atoms with Gasteiger partial charge in [-0.05, 0) is 24.3 Å². The Morgan fingerprint density at radius 2 is 1.94 bits per heavy atom. The van der Waals surface area contributed by atoms with E-state index in [-0.39, 0.29) is 5.12 Å². The summed E-state index contributed by atoms with van der Waals surface area (Å²) in [5.74, 6) is 0.689. The van der Waals surface area contributed by atoms with E-state index in [1.54, 1.807) is 0 Å². The largest absolute Gasteiger partial charge is 0.282 e. The molecule has 16 heavy (non-hydrogen) atoms. The van der Waals surface area contributed by atoms with Crippen LogP contribution < -0.4 is 5.19 Å². The molecule has 0 N–H and O–H groups in total. The van der Waals surface area contributed by atoms with Gasteiger partial charge in [-0.1, -0.05) is 42.6 Å². The van der Waals surface area contributed by atoms with Gasteiger partial charge in [-0.2, -0.15) is 0 Å². The molecule has 0 aromatic heterocycles. The van der Waals surface area contributed by atoms with Crippen LogP contribution in [0.5, 0.6) is 0 Å². The number of carbonyl (C=O) groups excluding carboxylic acids is 1. The SMILES string of the molecule is O=C(S)c1cccc(C2CCCCC2)c1[SiH3]. The Morgan fingerprint density at radius 3 is 2.56 bits per heavy atom. The van der Waals surface area contributed by atoms with Crippen molar-refractivity contribution in [3.05, 3.63) is 29.3 Å². The second-order valence-electron chi connectivity index (χ2n) is 4.66. The van der Waals surface area contributed by atoms with Crippen molar-refractivity contribution in [2.45, 2.75) is 38.0 Å². The van der Waals surface area contributed by atoms with Crippen molar-refractivity contribution in [2.75, 3.05) is 0 Å². The van der Waals surface area contributed by atoms with Gasteiger partial charge in [0.05, 0.1) is 0 Å². The molecule has 1 aliphatic carbocycles. The van der Waals surface area contributed by atoms with Gasteiger partial charge in [0.1, 0.15) is 0 Å². The van der Waals surface area contributed by atoms with Crippen LogP contribution >= 0.6 is 12.6 Å². The Labute approximate surface area is 105 Å². The number of hydrogen-bond donors (Lipinski definition) is 1. The topological polar surface area (TPSA) is 17.1 Å². The third-order valence-corrected chi connectivity index (χ3v) is 5.01. The molecule has 0 amide bonds. The highest BCUT2D eigenvalue weighted by molar-refractivity contribution is 7.97. The van der Waals surface area contributed by atoms with E-state index in [1.165, 1.54) is 42.9 Å². The summed E-state index contributed by atoms with van der Waals surface area (Å²) < 4.78 is 0. The first-order valence-electron chi connectivity index (χ1n) is 6.03.